The molecule has 0 aromatic heterocycles. The number of ether oxygens (including phenoxy) is 2. The van der Waals surface area contributed by atoms with Gasteiger partial charge in [-0.15, -0.1) is 0 Å². The van der Waals surface area contributed by atoms with E-state index in [0.29, 0.717) is 33.9 Å². The number of hydrogen-bond donors (Lipinski definition) is 2. The fourth-order valence-corrected chi connectivity index (χ4v) is 3.95. The zero-order valence-corrected chi connectivity index (χ0v) is 20.0. The van der Waals surface area contributed by atoms with Gasteiger partial charge in [-0.3, -0.25) is 5.32 Å². The first-order valence-corrected chi connectivity index (χ1v) is 11.5. The number of nitrogens with zero attached hydrogens (tertiary/aromatic N) is 1. The molecule has 1 aliphatic rings. The van der Waals surface area contributed by atoms with Gasteiger partial charge in [0.2, 0.25) is 0 Å². The fourth-order valence-electron chi connectivity index (χ4n) is 3.70. The lowest BCUT2D eigenvalue weighted by atomic mass is 9.80. The Balaban J connectivity index is 1.97. The van der Waals surface area contributed by atoms with Crippen molar-refractivity contribution in [1.29, 1.82) is 0 Å². The number of esters is 1. The van der Waals surface area contributed by atoms with E-state index in [1.807, 2.05) is 49.4 Å². The van der Waals surface area contributed by atoms with E-state index in [4.69, 9.17) is 26.8 Å². The molecule has 2 aromatic carbocycles. The van der Waals surface area contributed by atoms with Crippen molar-refractivity contribution in [3.05, 3.63) is 93.8 Å². The average molecular weight is 482 g/mol. The second-order valence-electron chi connectivity index (χ2n) is 7.59. The molecular formula is C26H28ClN3O4. The highest BCUT2D eigenvalue weighted by molar-refractivity contribution is 6.31. The summed E-state index contributed by atoms with van der Waals surface area (Å²) in [5.41, 5.74) is 9.17. The van der Waals surface area contributed by atoms with Crippen LogP contribution in [0.25, 0.3) is 0 Å². The van der Waals surface area contributed by atoms with Crippen molar-refractivity contribution in [3.63, 3.8) is 0 Å². The van der Waals surface area contributed by atoms with Crippen molar-refractivity contribution in [2.24, 2.45) is 10.7 Å². The van der Waals surface area contributed by atoms with Gasteiger partial charge in [0.1, 0.15) is 12.4 Å². The monoisotopic (exact) mass is 481 g/mol. The van der Waals surface area contributed by atoms with Crippen LogP contribution in [0.1, 0.15) is 43.7 Å². The van der Waals surface area contributed by atoms with E-state index in [-0.39, 0.29) is 19.0 Å². The lowest BCUT2D eigenvalue weighted by Crippen LogP contribution is -2.32. The Kier molecular flexibility index (Phi) is 8.87. The molecular weight excluding hydrogens is 454 g/mol. The summed E-state index contributed by atoms with van der Waals surface area (Å²) in [4.78, 5) is 29.9. The number of rotatable bonds is 8. The second kappa shape index (κ2) is 12.0. The number of allylic oxidation sites excluding steroid dienone is 1. The predicted molar refractivity (Wildman–Crippen MR) is 132 cm³/mol. The van der Waals surface area contributed by atoms with Gasteiger partial charge in [-0.05, 0) is 30.5 Å². The van der Waals surface area contributed by atoms with Crippen LogP contribution in [0.2, 0.25) is 5.02 Å². The number of nitrogens with two attached hydrogens (primary N) is 1. The summed E-state index contributed by atoms with van der Waals surface area (Å²) in [6.45, 7) is 4.05. The first-order valence-electron chi connectivity index (χ1n) is 11.1. The van der Waals surface area contributed by atoms with E-state index in [2.05, 4.69) is 10.3 Å². The molecule has 0 saturated carbocycles. The van der Waals surface area contributed by atoms with Crippen molar-refractivity contribution in [1.82, 2.24) is 5.32 Å². The van der Waals surface area contributed by atoms with E-state index in [9.17, 15) is 9.59 Å². The number of hydrogen-bond acceptors (Lipinski definition) is 6. The van der Waals surface area contributed by atoms with Crippen molar-refractivity contribution in [3.8, 4) is 0 Å². The number of benzene rings is 2. The highest BCUT2D eigenvalue weighted by atomic mass is 35.5. The topological polar surface area (TPSA) is 103 Å². The van der Waals surface area contributed by atoms with Gasteiger partial charge in [-0.1, -0.05) is 73.5 Å². The fraction of sp³-hybridized carbons (Fsp3) is 0.269. The SMILES string of the molecule is CCCC1=C(C(=O)OCC)C(c2ccccc2Cl)/C(=C/NC(=O)OCc2ccccc2)C(N)=N1. The third-order valence-electron chi connectivity index (χ3n) is 5.22. The first-order chi connectivity index (χ1) is 16.5. The highest BCUT2D eigenvalue weighted by Crippen LogP contribution is 2.41. The molecule has 7 nitrogen and oxygen atoms in total. The average Bonchev–Trinajstić information content (AvgIpc) is 2.83. The Hall–Kier alpha value is -3.58. The van der Waals surface area contributed by atoms with Crippen LogP contribution in [0.15, 0.2) is 82.6 Å². The molecule has 8 heteroatoms. The molecule has 1 aliphatic heterocycles. The minimum Gasteiger partial charge on any atom is -0.463 e. The van der Waals surface area contributed by atoms with Crippen molar-refractivity contribution in [2.45, 2.75) is 39.2 Å². The van der Waals surface area contributed by atoms with Crippen LogP contribution in [0.5, 0.6) is 0 Å². The molecule has 0 fully saturated rings. The standard InChI is InChI=1S/C26H28ClN3O4/c1-3-10-21-23(25(31)33-4-2)22(18-13-8-9-14-20(18)27)19(24(28)30-21)15-29-26(32)34-16-17-11-6-5-7-12-17/h5-9,11-15,22H,3-4,10,16H2,1-2H3,(H2,28,30)(H,29,32)/b19-15-. The van der Waals surface area contributed by atoms with Crippen molar-refractivity contribution < 1.29 is 19.1 Å². The number of amidine groups is 1. The molecule has 0 saturated heterocycles. The van der Waals surface area contributed by atoms with E-state index in [0.717, 1.165) is 12.0 Å². The molecule has 1 unspecified atom stereocenters. The molecule has 34 heavy (non-hydrogen) atoms. The van der Waals surface area contributed by atoms with Crippen LogP contribution < -0.4 is 11.1 Å². The first kappa shape index (κ1) is 25.1. The number of alkyl carbamates (subject to hydrolysis) is 1. The molecule has 2 aromatic rings. The van der Waals surface area contributed by atoms with Gasteiger partial charge in [0.15, 0.2) is 0 Å². The Labute approximate surface area is 204 Å². The summed E-state index contributed by atoms with van der Waals surface area (Å²) in [5.74, 6) is -0.976. The number of carbonyl (C=O) groups excluding carboxylic acids is 2. The lowest BCUT2D eigenvalue weighted by molar-refractivity contribution is -0.138. The highest BCUT2D eigenvalue weighted by Gasteiger charge is 2.36. The van der Waals surface area contributed by atoms with Crippen molar-refractivity contribution >= 4 is 29.5 Å². The molecule has 0 spiro atoms. The summed E-state index contributed by atoms with van der Waals surface area (Å²) in [6.07, 6.45) is 2.05. The Morgan fingerprint density at radius 3 is 2.47 bits per heavy atom. The summed E-state index contributed by atoms with van der Waals surface area (Å²) in [5, 5.41) is 3.06. The van der Waals surface area contributed by atoms with E-state index < -0.39 is 18.0 Å². The van der Waals surface area contributed by atoms with E-state index >= 15 is 0 Å². The van der Waals surface area contributed by atoms with Crippen LogP contribution in [0, 0.1) is 0 Å². The minimum atomic E-state index is -0.666. The van der Waals surface area contributed by atoms with Crippen LogP contribution >= 0.6 is 11.6 Å². The number of nitrogens with one attached hydrogen (secondary N) is 1. The number of halogens is 1. The lowest BCUT2D eigenvalue weighted by Gasteiger charge is -2.29. The molecule has 0 bridgehead atoms. The third-order valence-corrected chi connectivity index (χ3v) is 5.56. The van der Waals surface area contributed by atoms with E-state index in [1.165, 1.54) is 6.20 Å². The summed E-state index contributed by atoms with van der Waals surface area (Å²) >= 11 is 6.53. The Morgan fingerprint density at radius 1 is 1.09 bits per heavy atom. The zero-order chi connectivity index (χ0) is 24.5. The van der Waals surface area contributed by atoms with E-state index in [1.54, 1.807) is 19.1 Å². The van der Waals surface area contributed by atoms with Gasteiger partial charge in [0.25, 0.3) is 0 Å². The van der Waals surface area contributed by atoms with Gasteiger partial charge in [0.05, 0.1) is 17.9 Å². The van der Waals surface area contributed by atoms with Gasteiger partial charge >= 0.3 is 12.1 Å². The zero-order valence-electron chi connectivity index (χ0n) is 19.2. The molecule has 3 rings (SSSR count). The molecule has 1 heterocycles. The minimum absolute atomic E-state index is 0.113. The maximum absolute atomic E-state index is 13.1. The number of aliphatic imine (C=N–C) groups is 1. The maximum atomic E-state index is 13.1. The smallest absolute Gasteiger partial charge is 0.411 e. The largest absolute Gasteiger partial charge is 0.463 e. The molecule has 1 amide bonds. The third kappa shape index (κ3) is 6.05. The van der Waals surface area contributed by atoms with Gasteiger partial charge in [-0.25, -0.2) is 14.6 Å². The summed E-state index contributed by atoms with van der Waals surface area (Å²) < 4.78 is 10.6. The molecule has 1 atom stereocenters. The quantitative estimate of drug-likeness (QED) is 0.503. The number of carbonyl (C=O) groups is 2. The Bertz CT molecular complexity index is 1130. The molecule has 0 radical (unpaired) electrons. The van der Waals surface area contributed by atoms with Crippen LogP contribution in [-0.2, 0) is 20.9 Å². The van der Waals surface area contributed by atoms with Gasteiger partial charge < -0.3 is 15.2 Å². The molecule has 0 aliphatic carbocycles. The van der Waals surface area contributed by atoms with Crippen LogP contribution in [-0.4, -0.2) is 24.5 Å². The molecule has 3 N–H and O–H groups in total. The number of amides is 1. The molecule has 178 valence electrons. The van der Waals surface area contributed by atoms with Gasteiger partial charge in [-0.2, -0.15) is 0 Å². The predicted octanol–water partition coefficient (Wildman–Crippen LogP) is 5.22. The second-order valence-corrected chi connectivity index (χ2v) is 8.00. The summed E-state index contributed by atoms with van der Waals surface area (Å²) in [6, 6.07) is 16.5. The Morgan fingerprint density at radius 2 is 1.79 bits per heavy atom. The maximum Gasteiger partial charge on any atom is 0.411 e. The van der Waals surface area contributed by atoms with Crippen LogP contribution in [0.4, 0.5) is 4.79 Å². The van der Waals surface area contributed by atoms with Crippen LogP contribution in [0.3, 0.4) is 0 Å². The summed E-state index contributed by atoms with van der Waals surface area (Å²) in [7, 11) is 0. The van der Waals surface area contributed by atoms with Gasteiger partial charge in [0, 0.05) is 22.7 Å². The normalized spacial score (nSPS) is 16.7. The van der Waals surface area contributed by atoms with Crippen molar-refractivity contribution in [2.75, 3.05) is 6.61 Å².